The van der Waals surface area contributed by atoms with Gasteiger partial charge in [-0.2, -0.15) is 0 Å². The van der Waals surface area contributed by atoms with Gasteiger partial charge in [-0.05, 0) is 36.6 Å². The van der Waals surface area contributed by atoms with Crippen LogP contribution in [0.3, 0.4) is 0 Å². The zero-order chi connectivity index (χ0) is 20.8. The molecule has 1 aliphatic rings. The molecule has 1 heterocycles. The van der Waals surface area contributed by atoms with E-state index in [9.17, 15) is 23.9 Å². The molecule has 2 amide bonds. The van der Waals surface area contributed by atoms with Gasteiger partial charge in [0, 0.05) is 37.7 Å². The van der Waals surface area contributed by atoms with Crippen molar-refractivity contribution in [2.75, 3.05) is 0 Å². The first-order chi connectivity index (χ1) is 13.9. The van der Waals surface area contributed by atoms with E-state index in [1.807, 2.05) is 0 Å². The van der Waals surface area contributed by atoms with E-state index in [1.54, 1.807) is 30.5 Å². The Morgan fingerprint density at radius 3 is 2.76 bits per heavy atom. The van der Waals surface area contributed by atoms with E-state index in [-0.39, 0.29) is 49.1 Å². The van der Waals surface area contributed by atoms with E-state index in [2.05, 4.69) is 10.6 Å². The first-order valence-electron chi connectivity index (χ1n) is 9.57. The normalized spacial score (nSPS) is 21.0. The average molecular weight is 401 g/mol. The summed E-state index contributed by atoms with van der Waals surface area (Å²) in [5.74, 6) is -1.32. The monoisotopic (exact) mass is 401 g/mol. The molecular formula is C21H24FN3O4. The Hall–Kier alpha value is -3.00. The van der Waals surface area contributed by atoms with Crippen molar-refractivity contribution in [1.82, 2.24) is 15.2 Å². The predicted molar refractivity (Wildman–Crippen MR) is 104 cm³/mol. The largest absolute Gasteiger partial charge is 0.391 e. The molecule has 0 radical (unpaired) electrons. The number of benzene rings is 1. The van der Waals surface area contributed by atoms with Gasteiger partial charge >= 0.3 is 0 Å². The highest BCUT2D eigenvalue weighted by Gasteiger charge is 2.37. The Kier molecular flexibility index (Phi) is 6.77. The van der Waals surface area contributed by atoms with Gasteiger partial charge in [0.2, 0.25) is 11.8 Å². The summed E-state index contributed by atoms with van der Waals surface area (Å²) in [6, 6.07) is 10.2. The van der Waals surface area contributed by atoms with Crippen LogP contribution in [0.1, 0.15) is 24.8 Å². The molecule has 2 aromatic rings. The highest BCUT2D eigenvalue weighted by molar-refractivity contribution is 5.80. The number of aryl methyl sites for hydroxylation is 1. The molecule has 0 bridgehead atoms. The number of nitrogens with zero attached hydrogens (tertiary/aromatic N) is 1. The molecule has 1 fully saturated rings. The molecular weight excluding hydrogens is 377 g/mol. The fourth-order valence-electron chi connectivity index (χ4n) is 3.51. The summed E-state index contributed by atoms with van der Waals surface area (Å²) in [5.41, 5.74) is 0.467. The maximum atomic E-state index is 13.2. The number of hydrogen-bond acceptors (Lipinski definition) is 4. The molecule has 1 aliphatic carbocycles. The van der Waals surface area contributed by atoms with Crippen LogP contribution in [0.2, 0.25) is 0 Å². The summed E-state index contributed by atoms with van der Waals surface area (Å²) >= 11 is 0. The van der Waals surface area contributed by atoms with E-state index < -0.39 is 18.1 Å². The summed E-state index contributed by atoms with van der Waals surface area (Å²) < 4.78 is 14.6. The topological polar surface area (TPSA) is 100 Å². The van der Waals surface area contributed by atoms with Crippen molar-refractivity contribution in [1.29, 1.82) is 0 Å². The quantitative estimate of drug-likeness (QED) is 0.643. The molecule has 3 rings (SSSR count). The van der Waals surface area contributed by atoms with Crippen molar-refractivity contribution >= 4 is 11.8 Å². The van der Waals surface area contributed by atoms with Gasteiger partial charge in [0.05, 0.1) is 12.1 Å². The molecule has 1 aromatic heterocycles. The minimum atomic E-state index is -0.816. The van der Waals surface area contributed by atoms with E-state index in [0.29, 0.717) is 12.0 Å². The summed E-state index contributed by atoms with van der Waals surface area (Å²) in [6.07, 6.45) is 1.47. The lowest BCUT2D eigenvalue weighted by atomic mass is 10.1. The number of rotatable bonds is 7. The van der Waals surface area contributed by atoms with Crippen LogP contribution in [0.4, 0.5) is 4.39 Å². The Morgan fingerprint density at radius 2 is 2.00 bits per heavy atom. The molecule has 0 unspecified atom stereocenters. The van der Waals surface area contributed by atoms with Crippen LogP contribution >= 0.6 is 0 Å². The average Bonchev–Trinajstić information content (AvgIpc) is 3.06. The van der Waals surface area contributed by atoms with Crippen LogP contribution in [0.5, 0.6) is 0 Å². The van der Waals surface area contributed by atoms with E-state index in [0.717, 1.165) is 0 Å². The molecule has 7 nitrogen and oxygen atoms in total. The predicted octanol–water partition coefficient (Wildman–Crippen LogP) is 0.950. The number of hydrogen-bond donors (Lipinski definition) is 3. The SMILES string of the molecule is O=C(CCn1ccccc1=O)N[C@H]1C[C@H](C(=O)NCc2cccc(F)c2)C[C@@H]1O. The molecule has 3 atom stereocenters. The number of carbonyl (C=O) groups is 2. The Bertz CT molecular complexity index is 930. The lowest BCUT2D eigenvalue weighted by molar-refractivity contribution is -0.125. The third kappa shape index (κ3) is 5.74. The van der Waals surface area contributed by atoms with Gasteiger partial charge < -0.3 is 20.3 Å². The number of aliphatic hydroxyl groups is 1. The van der Waals surface area contributed by atoms with Gasteiger partial charge in [0.25, 0.3) is 5.56 Å². The lowest BCUT2D eigenvalue weighted by Crippen LogP contribution is -2.40. The van der Waals surface area contributed by atoms with Crippen LogP contribution in [0.15, 0.2) is 53.5 Å². The molecule has 0 saturated heterocycles. The third-order valence-corrected chi connectivity index (χ3v) is 5.08. The van der Waals surface area contributed by atoms with Crippen molar-refractivity contribution in [2.45, 2.75) is 44.5 Å². The molecule has 8 heteroatoms. The number of aliphatic hydroxyl groups excluding tert-OH is 1. The smallest absolute Gasteiger partial charge is 0.250 e. The van der Waals surface area contributed by atoms with Crippen molar-refractivity contribution in [3.8, 4) is 0 Å². The minimum Gasteiger partial charge on any atom is -0.391 e. The summed E-state index contributed by atoms with van der Waals surface area (Å²) in [6.45, 7) is 0.442. The molecule has 0 spiro atoms. The van der Waals surface area contributed by atoms with Gasteiger partial charge in [-0.25, -0.2) is 4.39 Å². The standard InChI is InChI=1S/C21H24FN3O4/c22-16-5-3-4-14(10-16)13-23-21(29)15-11-17(18(26)12-15)24-19(27)7-9-25-8-2-1-6-20(25)28/h1-6,8,10,15,17-18,26H,7,9,11-13H2,(H,23,29)(H,24,27)/t15-,17-,18-/m0/s1. The van der Waals surface area contributed by atoms with Crippen molar-refractivity contribution in [2.24, 2.45) is 5.92 Å². The number of amides is 2. The first-order valence-corrected chi connectivity index (χ1v) is 9.57. The van der Waals surface area contributed by atoms with Gasteiger partial charge in [-0.15, -0.1) is 0 Å². The lowest BCUT2D eigenvalue weighted by Gasteiger charge is -2.16. The van der Waals surface area contributed by atoms with Crippen LogP contribution in [0.25, 0.3) is 0 Å². The van der Waals surface area contributed by atoms with Crippen LogP contribution in [-0.4, -0.2) is 33.6 Å². The fourth-order valence-corrected chi connectivity index (χ4v) is 3.51. The number of nitrogens with one attached hydrogen (secondary N) is 2. The summed E-state index contributed by atoms with van der Waals surface area (Å²) in [4.78, 5) is 36.2. The van der Waals surface area contributed by atoms with Crippen molar-refractivity contribution in [3.05, 3.63) is 70.4 Å². The maximum absolute atomic E-state index is 13.2. The van der Waals surface area contributed by atoms with Crippen LogP contribution in [0, 0.1) is 11.7 Å². The van der Waals surface area contributed by atoms with Gasteiger partial charge in [0.1, 0.15) is 5.82 Å². The molecule has 154 valence electrons. The fraction of sp³-hybridized carbons (Fsp3) is 0.381. The third-order valence-electron chi connectivity index (χ3n) is 5.08. The van der Waals surface area contributed by atoms with E-state index in [4.69, 9.17) is 0 Å². The van der Waals surface area contributed by atoms with Gasteiger partial charge in [0.15, 0.2) is 0 Å². The zero-order valence-corrected chi connectivity index (χ0v) is 15.9. The molecule has 1 saturated carbocycles. The Morgan fingerprint density at radius 1 is 1.17 bits per heavy atom. The van der Waals surface area contributed by atoms with E-state index in [1.165, 1.54) is 22.8 Å². The molecule has 3 N–H and O–H groups in total. The zero-order valence-electron chi connectivity index (χ0n) is 15.9. The second kappa shape index (κ2) is 9.47. The number of aromatic nitrogens is 1. The Labute approximate surface area is 167 Å². The highest BCUT2D eigenvalue weighted by atomic mass is 19.1. The summed E-state index contributed by atoms with van der Waals surface area (Å²) in [7, 11) is 0. The Balaban J connectivity index is 1.46. The van der Waals surface area contributed by atoms with Crippen LogP contribution in [-0.2, 0) is 22.7 Å². The van der Waals surface area contributed by atoms with Crippen molar-refractivity contribution in [3.63, 3.8) is 0 Å². The number of halogens is 1. The van der Waals surface area contributed by atoms with Gasteiger partial charge in [-0.3, -0.25) is 14.4 Å². The molecule has 0 aliphatic heterocycles. The first kappa shape index (κ1) is 20.7. The van der Waals surface area contributed by atoms with Gasteiger partial charge in [-0.1, -0.05) is 18.2 Å². The molecule has 1 aromatic carbocycles. The second-order valence-electron chi connectivity index (χ2n) is 7.24. The number of pyridine rings is 1. The summed E-state index contributed by atoms with van der Waals surface area (Å²) in [5, 5.41) is 15.7. The van der Waals surface area contributed by atoms with E-state index >= 15 is 0 Å². The number of carbonyl (C=O) groups excluding carboxylic acids is 2. The maximum Gasteiger partial charge on any atom is 0.250 e. The second-order valence-corrected chi connectivity index (χ2v) is 7.24. The minimum absolute atomic E-state index is 0.101. The molecule has 29 heavy (non-hydrogen) atoms. The van der Waals surface area contributed by atoms with Crippen molar-refractivity contribution < 1.29 is 19.1 Å². The van der Waals surface area contributed by atoms with Crippen LogP contribution < -0.4 is 16.2 Å². The highest BCUT2D eigenvalue weighted by Crippen LogP contribution is 2.26.